The first-order valence-corrected chi connectivity index (χ1v) is 11.2. The first-order chi connectivity index (χ1) is 13.9. The molecule has 0 spiro atoms. The molecule has 1 unspecified atom stereocenters. The van der Waals surface area contributed by atoms with Crippen LogP contribution in [-0.4, -0.2) is 19.9 Å². The summed E-state index contributed by atoms with van der Waals surface area (Å²) < 4.78 is 7.23. The summed E-state index contributed by atoms with van der Waals surface area (Å²) in [4.78, 5) is 19.9. The molecular weight excluding hydrogens is 380 g/mol. The number of hydrogen-bond donors (Lipinski definition) is 0. The lowest BCUT2D eigenvalue weighted by atomic mass is 10.0. The van der Waals surface area contributed by atoms with Gasteiger partial charge in [0.05, 0.1) is 21.6 Å². The first kappa shape index (κ1) is 20.0. The molecule has 5 nitrogen and oxygen atoms in total. The van der Waals surface area contributed by atoms with Crippen molar-refractivity contribution in [3.63, 3.8) is 0 Å². The van der Waals surface area contributed by atoms with Crippen LogP contribution in [0, 0.1) is 0 Å². The highest BCUT2D eigenvalue weighted by atomic mass is 32.1. The van der Waals surface area contributed by atoms with Crippen molar-refractivity contribution in [3.05, 3.63) is 46.3 Å². The highest BCUT2D eigenvalue weighted by Gasteiger charge is 2.19. The molecule has 0 fully saturated rings. The van der Waals surface area contributed by atoms with E-state index < -0.39 is 0 Å². The summed E-state index contributed by atoms with van der Waals surface area (Å²) in [5.41, 5.74) is 4.92. The van der Waals surface area contributed by atoms with E-state index in [2.05, 4.69) is 63.6 Å². The third-order valence-electron chi connectivity index (χ3n) is 5.29. The Balaban J connectivity index is 1.67. The zero-order chi connectivity index (χ0) is 20.7. The molecule has 0 amide bonds. The van der Waals surface area contributed by atoms with Crippen LogP contribution >= 0.6 is 11.3 Å². The van der Waals surface area contributed by atoms with Gasteiger partial charge in [0, 0.05) is 23.3 Å². The third kappa shape index (κ3) is 3.78. The molecule has 4 aromatic rings. The monoisotopic (exact) mass is 408 g/mol. The maximum absolute atomic E-state index is 6.03. The van der Waals surface area contributed by atoms with Gasteiger partial charge in [-0.1, -0.05) is 41.5 Å². The Morgan fingerprint density at radius 2 is 1.76 bits per heavy atom. The molecule has 0 N–H and O–H groups in total. The third-order valence-corrected chi connectivity index (χ3v) is 6.67. The molecule has 6 heteroatoms. The molecule has 0 saturated heterocycles. The Hall–Kier alpha value is -2.34. The highest BCUT2D eigenvalue weighted by Crippen LogP contribution is 2.35. The van der Waals surface area contributed by atoms with Crippen LogP contribution in [0.2, 0.25) is 0 Å². The van der Waals surface area contributed by atoms with E-state index >= 15 is 0 Å². The number of furan rings is 1. The quantitative estimate of drug-likeness (QED) is 0.370. The van der Waals surface area contributed by atoms with Gasteiger partial charge in [-0.05, 0) is 24.3 Å². The minimum absolute atomic E-state index is 0.313. The number of nitrogens with zero attached hydrogens (tertiary/aromatic N) is 4. The van der Waals surface area contributed by atoms with Gasteiger partial charge in [0.25, 0.3) is 0 Å². The number of hydrogen-bond acceptors (Lipinski definition) is 6. The first-order valence-electron chi connectivity index (χ1n) is 10.4. The molecule has 0 bridgehead atoms. The number of aromatic nitrogens is 4. The van der Waals surface area contributed by atoms with Gasteiger partial charge in [-0.3, -0.25) is 0 Å². The van der Waals surface area contributed by atoms with Crippen molar-refractivity contribution in [2.75, 3.05) is 0 Å². The molecule has 1 atom stereocenters. The minimum Gasteiger partial charge on any atom is -0.457 e. The predicted octanol–water partition coefficient (Wildman–Crippen LogP) is 6.38. The largest absolute Gasteiger partial charge is 0.457 e. The lowest BCUT2D eigenvalue weighted by Crippen LogP contribution is -2.04. The van der Waals surface area contributed by atoms with Crippen molar-refractivity contribution in [1.29, 1.82) is 0 Å². The zero-order valence-corrected chi connectivity index (χ0v) is 18.8. The summed E-state index contributed by atoms with van der Waals surface area (Å²) in [5, 5.41) is 0. The summed E-state index contributed by atoms with van der Waals surface area (Å²) in [6, 6.07) is 4.27. The molecule has 29 heavy (non-hydrogen) atoms. The van der Waals surface area contributed by atoms with Gasteiger partial charge in [0.2, 0.25) is 0 Å². The Kier molecular flexibility index (Phi) is 5.38. The standard InChI is InChI=1S/C23H28N4OS/c1-7-15-22-16(9-18(28-22)12(2)3)27-20(26-15)8-14(6)19-10-17-23(29-19)21(13(4)5)25-11-24-17/h9-14H,7-8H2,1-6H3. The van der Waals surface area contributed by atoms with E-state index in [9.17, 15) is 0 Å². The van der Waals surface area contributed by atoms with Gasteiger partial charge >= 0.3 is 0 Å². The normalized spacial score (nSPS) is 13.2. The summed E-state index contributed by atoms with van der Waals surface area (Å²) in [6.45, 7) is 13.0. The topological polar surface area (TPSA) is 64.7 Å². The molecule has 0 aliphatic carbocycles. The van der Waals surface area contributed by atoms with E-state index in [0.29, 0.717) is 17.8 Å². The van der Waals surface area contributed by atoms with Crippen molar-refractivity contribution >= 4 is 32.7 Å². The van der Waals surface area contributed by atoms with E-state index in [1.165, 1.54) is 9.58 Å². The molecule has 152 valence electrons. The highest BCUT2D eigenvalue weighted by molar-refractivity contribution is 7.19. The van der Waals surface area contributed by atoms with Crippen LogP contribution in [0.1, 0.15) is 87.1 Å². The molecule has 0 saturated carbocycles. The molecule has 0 aliphatic rings. The Morgan fingerprint density at radius 1 is 0.966 bits per heavy atom. The van der Waals surface area contributed by atoms with Gasteiger partial charge < -0.3 is 4.42 Å². The Morgan fingerprint density at radius 3 is 2.45 bits per heavy atom. The van der Waals surface area contributed by atoms with Crippen molar-refractivity contribution in [1.82, 2.24) is 19.9 Å². The minimum atomic E-state index is 0.313. The van der Waals surface area contributed by atoms with E-state index in [0.717, 1.165) is 52.4 Å². The van der Waals surface area contributed by atoms with Crippen molar-refractivity contribution in [2.45, 2.75) is 72.1 Å². The van der Waals surface area contributed by atoms with E-state index in [1.807, 2.05) is 0 Å². The maximum atomic E-state index is 6.03. The van der Waals surface area contributed by atoms with Crippen molar-refractivity contribution < 1.29 is 4.42 Å². The molecule has 4 rings (SSSR count). The van der Waals surface area contributed by atoms with Gasteiger partial charge in [0.1, 0.15) is 23.4 Å². The fourth-order valence-corrected chi connectivity index (χ4v) is 4.90. The SMILES string of the molecule is CCc1nc(CC(C)c2cc3ncnc(C(C)C)c3s2)nc2cc(C(C)C)oc12. The van der Waals surface area contributed by atoms with Crippen LogP contribution in [0.4, 0.5) is 0 Å². The van der Waals surface area contributed by atoms with E-state index in [1.54, 1.807) is 17.7 Å². The lowest BCUT2D eigenvalue weighted by Gasteiger charge is -2.09. The lowest BCUT2D eigenvalue weighted by molar-refractivity contribution is 0.517. The van der Waals surface area contributed by atoms with Gasteiger partial charge in [-0.25, -0.2) is 19.9 Å². The fourth-order valence-electron chi connectivity index (χ4n) is 3.60. The van der Waals surface area contributed by atoms with Gasteiger partial charge in [0.15, 0.2) is 5.58 Å². The summed E-state index contributed by atoms with van der Waals surface area (Å²) in [7, 11) is 0. The molecule has 0 aliphatic heterocycles. The van der Waals surface area contributed by atoms with Gasteiger partial charge in [-0.2, -0.15) is 0 Å². The van der Waals surface area contributed by atoms with Crippen LogP contribution in [0.5, 0.6) is 0 Å². The second-order valence-corrected chi connectivity index (χ2v) is 9.42. The molecule has 0 radical (unpaired) electrons. The molecule has 4 aromatic heterocycles. The Labute approximate surface area is 175 Å². The molecular formula is C23H28N4OS. The Bertz CT molecular complexity index is 1160. The second-order valence-electron chi connectivity index (χ2n) is 8.34. The smallest absolute Gasteiger partial charge is 0.174 e. The molecule has 0 aromatic carbocycles. The average Bonchev–Trinajstić information content (AvgIpc) is 3.31. The molecule has 4 heterocycles. The van der Waals surface area contributed by atoms with Crippen LogP contribution in [0.25, 0.3) is 21.3 Å². The van der Waals surface area contributed by atoms with E-state index in [4.69, 9.17) is 14.4 Å². The van der Waals surface area contributed by atoms with Crippen molar-refractivity contribution in [2.24, 2.45) is 0 Å². The summed E-state index contributed by atoms with van der Waals surface area (Å²) >= 11 is 1.80. The van der Waals surface area contributed by atoms with Crippen LogP contribution in [0.3, 0.4) is 0 Å². The number of fused-ring (bicyclic) bond motifs is 2. The van der Waals surface area contributed by atoms with E-state index in [-0.39, 0.29) is 0 Å². The van der Waals surface area contributed by atoms with Crippen LogP contribution < -0.4 is 0 Å². The maximum Gasteiger partial charge on any atom is 0.174 e. The second kappa shape index (κ2) is 7.82. The number of rotatable bonds is 6. The predicted molar refractivity (Wildman–Crippen MR) is 119 cm³/mol. The summed E-state index contributed by atoms with van der Waals surface area (Å²) in [5.74, 6) is 2.89. The number of thiophene rings is 1. The van der Waals surface area contributed by atoms with Gasteiger partial charge in [-0.15, -0.1) is 11.3 Å². The number of aryl methyl sites for hydroxylation is 1. The zero-order valence-electron chi connectivity index (χ0n) is 18.0. The van der Waals surface area contributed by atoms with Crippen LogP contribution in [0.15, 0.2) is 22.9 Å². The van der Waals surface area contributed by atoms with Crippen molar-refractivity contribution in [3.8, 4) is 0 Å². The average molecular weight is 409 g/mol. The fraction of sp³-hybridized carbons (Fsp3) is 0.478. The van der Waals surface area contributed by atoms with Crippen LogP contribution in [-0.2, 0) is 12.8 Å². The summed E-state index contributed by atoms with van der Waals surface area (Å²) in [6.07, 6.45) is 3.30.